The highest BCUT2D eigenvalue weighted by Gasteiger charge is 2.37. The van der Waals surface area contributed by atoms with E-state index in [1.807, 2.05) is 6.92 Å². The molecule has 0 aromatic rings. The van der Waals surface area contributed by atoms with Crippen molar-refractivity contribution in [1.82, 2.24) is 0 Å². The Hall–Kier alpha value is 0.137. The third-order valence-corrected chi connectivity index (χ3v) is 6.62. The lowest BCUT2D eigenvalue weighted by molar-refractivity contribution is 0.173. The highest BCUT2D eigenvalue weighted by atomic mass is 28.4. The van der Waals surface area contributed by atoms with Crippen LogP contribution in [0.1, 0.15) is 26.2 Å². The highest BCUT2D eigenvalue weighted by Crippen LogP contribution is 2.25. The van der Waals surface area contributed by atoms with Gasteiger partial charge in [0.05, 0.1) is 5.73 Å². The Morgan fingerprint density at radius 2 is 2.27 bits per heavy atom. The average molecular weight is 174 g/mol. The molecule has 11 heavy (non-hydrogen) atoms. The molecular formula is C8H18O2Si. The quantitative estimate of drug-likeness (QED) is 0.645. The van der Waals surface area contributed by atoms with Crippen LogP contribution >= 0.6 is 0 Å². The van der Waals surface area contributed by atoms with Crippen LogP contribution in [0.3, 0.4) is 0 Å². The first-order valence-corrected chi connectivity index (χ1v) is 7.20. The molecule has 1 saturated heterocycles. The fourth-order valence-corrected chi connectivity index (χ4v) is 4.75. The van der Waals surface area contributed by atoms with Crippen molar-refractivity contribution >= 4 is 8.32 Å². The standard InChI is InChI=1S/C8H18O2Si/c1-3-8(9)11(2)7-5-4-6-10-11/h8-9H,3-7H2,1-2H3. The molecule has 1 heterocycles. The van der Waals surface area contributed by atoms with Gasteiger partial charge in [-0.25, -0.2) is 0 Å². The molecule has 0 bridgehead atoms. The highest BCUT2D eigenvalue weighted by molar-refractivity contribution is 6.73. The maximum atomic E-state index is 9.68. The van der Waals surface area contributed by atoms with Crippen molar-refractivity contribution in [3.8, 4) is 0 Å². The molecule has 1 fully saturated rings. The maximum absolute atomic E-state index is 9.68. The summed E-state index contributed by atoms with van der Waals surface area (Å²) in [6, 6.07) is 1.14. The van der Waals surface area contributed by atoms with Crippen molar-refractivity contribution in [3.63, 3.8) is 0 Å². The summed E-state index contributed by atoms with van der Waals surface area (Å²) >= 11 is 0. The zero-order chi connectivity index (χ0) is 8.32. The SMILES string of the molecule is CCC(O)[Si]1(C)CCCCO1. The van der Waals surface area contributed by atoms with Gasteiger partial charge in [-0.2, -0.15) is 0 Å². The van der Waals surface area contributed by atoms with Crippen LogP contribution in [0.2, 0.25) is 12.6 Å². The van der Waals surface area contributed by atoms with Crippen LogP contribution < -0.4 is 0 Å². The molecule has 0 aliphatic carbocycles. The number of hydrogen-bond donors (Lipinski definition) is 1. The Kier molecular flexibility index (Phi) is 3.10. The first-order chi connectivity index (χ1) is 5.19. The lowest BCUT2D eigenvalue weighted by Crippen LogP contribution is -2.49. The number of aliphatic hydroxyl groups is 1. The number of rotatable bonds is 2. The van der Waals surface area contributed by atoms with E-state index in [-0.39, 0.29) is 5.73 Å². The van der Waals surface area contributed by atoms with Crippen molar-refractivity contribution in [2.24, 2.45) is 0 Å². The van der Waals surface area contributed by atoms with Gasteiger partial charge in [-0.15, -0.1) is 0 Å². The van der Waals surface area contributed by atoms with Crippen LogP contribution in [0.15, 0.2) is 0 Å². The Balaban J connectivity index is 2.49. The van der Waals surface area contributed by atoms with E-state index in [1.54, 1.807) is 0 Å². The lowest BCUT2D eigenvalue weighted by atomic mass is 10.4. The third kappa shape index (κ3) is 2.04. The average Bonchev–Trinajstić information content (AvgIpc) is 2.04. The predicted octanol–water partition coefficient (Wildman–Crippen LogP) is 1.68. The number of hydrogen-bond acceptors (Lipinski definition) is 2. The molecule has 0 amide bonds. The van der Waals surface area contributed by atoms with Gasteiger partial charge in [0.1, 0.15) is 0 Å². The summed E-state index contributed by atoms with van der Waals surface area (Å²) in [7, 11) is -1.68. The predicted molar refractivity (Wildman–Crippen MR) is 47.9 cm³/mol. The Morgan fingerprint density at radius 3 is 2.73 bits per heavy atom. The van der Waals surface area contributed by atoms with E-state index < -0.39 is 8.32 Å². The molecule has 0 radical (unpaired) electrons. The topological polar surface area (TPSA) is 29.5 Å². The molecule has 2 nitrogen and oxygen atoms in total. The van der Waals surface area contributed by atoms with Crippen LogP contribution in [0.5, 0.6) is 0 Å². The van der Waals surface area contributed by atoms with E-state index >= 15 is 0 Å². The summed E-state index contributed by atoms with van der Waals surface area (Å²) < 4.78 is 5.71. The fourth-order valence-electron chi connectivity index (χ4n) is 1.65. The van der Waals surface area contributed by atoms with Gasteiger partial charge in [-0.05, 0) is 25.4 Å². The van der Waals surface area contributed by atoms with Gasteiger partial charge >= 0.3 is 0 Å². The molecule has 2 unspecified atom stereocenters. The Morgan fingerprint density at radius 1 is 1.55 bits per heavy atom. The third-order valence-electron chi connectivity index (χ3n) is 2.59. The van der Waals surface area contributed by atoms with Gasteiger partial charge in [-0.1, -0.05) is 13.3 Å². The van der Waals surface area contributed by atoms with Crippen molar-refractivity contribution in [2.75, 3.05) is 6.61 Å². The summed E-state index contributed by atoms with van der Waals surface area (Å²) in [6.07, 6.45) is 3.28. The van der Waals surface area contributed by atoms with Crippen molar-refractivity contribution in [2.45, 2.75) is 44.5 Å². The minimum atomic E-state index is -1.68. The Labute approximate surface area is 69.7 Å². The summed E-state index contributed by atoms with van der Waals surface area (Å²) in [5, 5.41) is 9.68. The van der Waals surface area contributed by atoms with Gasteiger partial charge in [0, 0.05) is 6.61 Å². The summed E-state index contributed by atoms with van der Waals surface area (Å²) in [5.74, 6) is 0. The second-order valence-electron chi connectivity index (χ2n) is 3.54. The first kappa shape index (κ1) is 9.23. The van der Waals surface area contributed by atoms with Crippen molar-refractivity contribution in [1.29, 1.82) is 0 Å². The molecule has 1 rings (SSSR count). The summed E-state index contributed by atoms with van der Waals surface area (Å²) in [4.78, 5) is 0. The molecule has 0 saturated carbocycles. The second kappa shape index (κ2) is 3.69. The van der Waals surface area contributed by atoms with Gasteiger partial charge in [0.15, 0.2) is 0 Å². The Bertz CT molecular complexity index is 121. The van der Waals surface area contributed by atoms with E-state index in [2.05, 4.69) is 6.55 Å². The van der Waals surface area contributed by atoms with E-state index in [4.69, 9.17) is 4.43 Å². The smallest absolute Gasteiger partial charge is 0.217 e. The molecule has 1 N–H and O–H groups in total. The monoisotopic (exact) mass is 174 g/mol. The van der Waals surface area contributed by atoms with Crippen LogP contribution in [0, 0.1) is 0 Å². The van der Waals surface area contributed by atoms with Gasteiger partial charge in [0.25, 0.3) is 0 Å². The van der Waals surface area contributed by atoms with E-state index in [0.717, 1.165) is 19.1 Å². The van der Waals surface area contributed by atoms with Crippen molar-refractivity contribution in [3.05, 3.63) is 0 Å². The molecular weight excluding hydrogens is 156 g/mol. The van der Waals surface area contributed by atoms with Gasteiger partial charge in [0.2, 0.25) is 8.32 Å². The summed E-state index contributed by atoms with van der Waals surface area (Å²) in [5.41, 5.74) is -0.150. The first-order valence-electron chi connectivity index (χ1n) is 4.51. The van der Waals surface area contributed by atoms with Crippen LogP contribution in [-0.4, -0.2) is 25.8 Å². The summed E-state index contributed by atoms with van der Waals surface area (Å²) in [6.45, 7) is 5.06. The van der Waals surface area contributed by atoms with Crippen LogP contribution in [-0.2, 0) is 4.43 Å². The molecule has 66 valence electrons. The van der Waals surface area contributed by atoms with Gasteiger partial charge in [-0.3, -0.25) is 0 Å². The molecule has 3 heteroatoms. The minimum absolute atomic E-state index is 0.150. The molecule has 0 aromatic carbocycles. The normalized spacial score (nSPS) is 35.2. The minimum Gasteiger partial charge on any atom is -0.415 e. The second-order valence-corrected chi connectivity index (χ2v) is 7.62. The van der Waals surface area contributed by atoms with Crippen LogP contribution in [0.4, 0.5) is 0 Å². The maximum Gasteiger partial charge on any atom is 0.217 e. The van der Waals surface area contributed by atoms with E-state index in [9.17, 15) is 5.11 Å². The molecule has 2 atom stereocenters. The molecule has 0 aromatic heterocycles. The van der Waals surface area contributed by atoms with Crippen molar-refractivity contribution < 1.29 is 9.53 Å². The molecule has 1 aliphatic heterocycles. The zero-order valence-electron chi connectivity index (χ0n) is 7.47. The van der Waals surface area contributed by atoms with E-state index in [1.165, 1.54) is 12.8 Å². The lowest BCUT2D eigenvalue weighted by Gasteiger charge is -2.35. The van der Waals surface area contributed by atoms with E-state index in [0.29, 0.717) is 0 Å². The zero-order valence-corrected chi connectivity index (χ0v) is 8.47. The molecule has 1 aliphatic rings. The molecule has 0 spiro atoms. The fraction of sp³-hybridized carbons (Fsp3) is 1.00. The number of aliphatic hydroxyl groups excluding tert-OH is 1. The largest absolute Gasteiger partial charge is 0.415 e. The van der Waals surface area contributed by atoms with Crippen LogP contribution in [0.25, 0.3) is 0 Å². The van der Waals surface area contributed by atoms with Gasteiger partial charge < -0.3 is 9.53 Å².